The highest BCUT2D eigenvalue weighted by atomic mass is 31.2. The van der Waals surface area contributed by atoms with Crippen LogP contribution in [0.3, 0.4) is 0 Å². The molecule has 80 valence electrons. The minimum absolute atomic E-state index is 0.0123. The third kappa shape index (κ3) is 2.63. The molecule has 0 aliphatic heterocycles. The number of carbonyl (C=O) groups is 1. The lowest BCUT2D eigenvalue weighted by Gasteiger charge is -2.09. The Balaban J connectivity index is 3.37. The Morgan fingerprint density at radius 3 is 2.33 bits per heavy atom. The number of hydrogen-bond acceptors (Lipinski definition) is 2. The van der Waals surface area contributed by atoms with E-state index >= 15 is 0 Å². The van der Waals surface area contributed by atoms with Crippen molar-refractivity contribution in [3.8, 4) is 0 Å². The molecule has 0 aliphatic rings. The molecule has 0 saturated carbocycles. The van der Waals surface area contributed by atoms with Crippen molar-refractivity contribution in [2.24, 2.45) is 0 Å². The zero-order valence-corrected chi connectivity index (χ0v) is 9.07. The van der Waals surface area contributed by atoms with E-state index in [4.69, 9.17) is 9.79 Å². The molecular formula is C10H11O4P. The van der Waals surface area contributed by atoms with E-state index in [0.29, 0.717) is 0 Å². The Labute approximate surface area is 87.4 Å². The second kappa shape index (κ2) is 4.11. The number of rotatable bonds is 3. The Hall–Kier alpha value is -1.22. The first kappa shape index (κ1) is 11.9. The number of hydrogen-bond donors (Lipinski definition) is 2. The van der Waals surface area contributed by atoms with Crippen LogP contribution in [0.4, 0.5) is 0 Å². The molecule has 0 unspecified atom stereocenters. The topological polar surface area (TPSA) is 74.6 Å². The Kier molecular flexibility index (Phi) is 3.25. The van der Waals surface area contributed by atoms with Gasteiger partial charge < -0.3 is 9.79 Å². The molecule has 0 heterocycles. The molecule has 1 aromatic carbocycles. The first-order valence-electron chi connectivity index (χ1n) is 4.19. The number of benzene rings is 1. The Bertz CT molecular complexity index is 458. The van der Waals surface area contributed by atoms with Crippen molar-refractivity contribution in [1.29, 1.82) is 0 Å². The predicted octanol–water partition coefficient (Wildman–Crippen LogP) is 1.25. The fourth-order valence-electron chi connectivity index (χ4n) is 1.15. The maximum atomic E-state index is 11.6. The quantitative estimate of drug-likeness (QED) is 0.462. The highest BCUT2D eigenvalue weighted by molar-refractivity contribution is 7.60. The lowest BCUT2D eigenvalue weighted by atomic mass is 10.1. The van der Waals surface area contributed by atoms with Crippen LogP contribution in [0.15, 0.2) is 36.4 Å². The fourth-order valence-corrected chi connectivity index (χ4v) is 1.92. The molecule has 0 aliphatic carbocycles. The summed E-state index contributed by atoms with van der Waals surface area (Å²) in [4.78, 5) is 29.6. The SMILES string of the molecule is C=C(C)C(=O)c1ccccc1P(=O)(O)O. The van der Waals surface area contributed by atoms with E-state index in [1.807, 2.05) is 0 Å². The molecule has 1 rings (SSSR count). The standard InChI is InChI=1S/C10H11O4P/c1-7(2)10(11)8-5-3-4-6-9(8)15(12,13)14/h3-6H,1H2,2H3,(H2,12,13,14). The van der Waals surface area contributed by atoms with Crippen LogP contribution in [0.25, 0.3) is 0 Å². The summed E-state index contributed by atoms with van der Waals surface area (Å²) in [6.45, 7) is 4.95. The van der Waals surface area contributed by atoms with Gasteiger partial charge in [0, 0.05) is 5.56 Å². The molecule has 5 heteroatoms. The maximum absolute atomic E-state index is 11.6. The number of Topliss-reactive ketones (excluding diaryl/α,β-unsaturated/α-hetero) is 1. The zero-order chi connectivity index (χ0) is 11.6. The minimum atomic E-state index is -4.41. The van der Waals surface area contributed by atoms with Crippen molar-refractivity contribution in [1.82, 2.24) is 0 Å². The molecule has 2 N–H and O–H groups in total. The van der Waals surface area contributed by atoms with Gasteiger partial charge in [0.1, 0.15) is 0 Å². The van der Waals surface area contributed by atoms with E-state index in [-0.39, 0.29) is 16.4 Å². The monoisotopic (exact) mass is 226 g/mol. The first-order chi connectivity index (χ1) is 6.84. The van der Waals surface area contributed by atoms with Crippen molar-refractivity contribution in [3.63, 3.8) is 0 Å². The molecule has 15 heavy (non-hydrogen) atoms. The number of carbonyl (C=O) groups excluding carboxylic acids is 1. The van der Waals surface area contributed by atoms with Crippen molar-refractivity contribution < 1.29 is 19.1 Å². The van der Waals surface area contributed by atoms with Gasteiger partial charge in [-0.1, -0.05) is 24.8 Å². The summed E-state index contributed by atoms with van der Waals surface area (Å²) in [5.74, 6) is -0.450. The predicted molar refractivity (Wildman–Crippen MR) is 57.3 cm³/mol. The fraction of sp³-hybridized carbons (Fsp3) is 0.100. The third-order valence-electron chi connectivity index (χ3n) is 1.85. The van der Waals surface area contributed by atoms with Gasteiger partial charge in [-0.25, -0.2) is 0 Å². The van der Waals surface area contributed by atoms with Gasteiger partial charge in [0.25, 0.3) is 0 Å². The lowest BCUT2D eigenvalue weighted by molar-refractivity contribution is 0.103. The Morgan fingerprint density at radius 1 is 1.33 bits per heavy atom. The maximum Gasteiger partial charge on any atom is 0.356 e. The van der Waals surface area contributed by atoms with E-state index in [9.17, 15) is 9.36 Å². The summed E-state index contributed by atoms with van der Waals surface area (Å²) in [7, 11) is -4.41. The van der Waals surface area contributed by atoms with Crippen molar-refractivity contribution in [2.45, 2.75) is 6.92 Å². The molecule has 0 bridgehead atoms. The van der Waals surface area contributed by atoms with E-state index in [1.165, 1.54) is 25.1 Å². The van der Waals surface area contributed by atoms with Crippen molar-refractivity contribution in [3.05, 3.63) is 42.0 Å². The van der Waals surface area contributed by atoms with Gasteiger partial charge in [0.2, 0.25) is 0 Å². The van der Waals surface area contributed by atoms with Gasteiger partial charge in [-0.05, 0) is 18.6 Å². The molecule has 1 aromatic rings. The molecule has 4 nitrogen and oxygen atoms in total. The highest BCUT2D eigenvalue weighted by Crippen LogP contribution is 2.34. The van der Waals surface area contributed by atoms with Crippen LogP contribution in [0.5, 0.6) is 0 Å². The molecule has 0 fully saturated rings. The van der Waals surface area contributed by atoms with E-state index in [1.54, 1.807) is 6.07 Å². The molecule has 0 amide bonds. The van der Waals surface area contributed by atoms with Gasteiger partial charge in [0.05, 0.1) is 5.30 Å². The normalized spacial score (nSPS) is 11.1. The summed E-state index contributed by atoms with van der Waals surface area (Å²) in [6.07, 6.45) is 0. The van der Waals surface area contributed by atoms with Crippen LogP contribution < -0.4 is 5.30 Å². The van der Waals surface area contributed by atoms with Gasteiger partial charge >= 0.3 is 7.60 Å². The second-order valence-electron chi connectivity index (χ2n) is 3.17. The van der Waals surface area contributed by atoms with Crippen LogP contribution >= 0.6 is 7.60 Å². The van der Waals surface area contributed by atoms with Gasteiger partial charge in [-0.15, -0.1) is 0 Å². The van der Waals surface area contributed by atoms with Crippen molar-refractivity contribution >= 4 is 18.7 Å². The second-order valence-corrected chi connectivity index (χ2v) is 4.74. The molecule has 0 spiro atoms. The van der Waals surface area contributed by atoms with E-state index in [2.05, 4.69) is 6.58 Å². The summed E-state index contributed by atoms with van der Waals surface area (Å²) in [5.41, 5.74) is 0.259. The summed E-state index contributed by atoms with van der Waals surface area (Å²) >= 11 is 0. The van der Waals surface area contributed by atoms with Crippen molar-refractivity contribution in [2.75, 3.05) is 0 Å². The van der Waals surface area contributed by atoms with E-state index < -0.39 is 13.4 Å². The largest absolute Gasteiger partial charge is 0.356 e. The zero-order valence-electron chi connectivity index (χ0n) is 8.17. The van der Waals surface area contributed by atoms with E-state index in [0.717, 1.165) is 0 Å². The molecule has 0 saturated heterocycles. The lowest BCUT2D eigenvalue weighted by Crippen LogP contribution is -2.16. The average molecular weight is 226 g/mol. The van der Waals surface area contributed by atoms with Crippen LogP contribution in [0, 0.1) is 0 Å². The number of ketones is 1. The highest BCUT2D eigenvalue weighted by Gasteiger charge is 2.24. The summed E-state index contributed by atoms with van der Waals surface area (Å²) in [6, 6.07) is 5.65. The smallest absolute Gasteiger partial charge is 0.321 e. The molecule has 0 atom stereocenters. The number of allylic oxidation sites excluding steroid dienone is 1. The van der Waals surface area contributed by atoms with Gasteiger partial charge in [-0.2, -0.15) is 0 Å². The summed E-state index contributed by atoms with van der Waals surface area (Å²) in [5, 5.41) is -0.252. The molecule has 0 radical (unpaired) electrons. The van der Waals surface area contributed by atoms with Crippen LogP contribution in [0.2, 0.25) is 0 Å². The van der Waals surface area contributed by atoms with Gasteiger partial charge in [-0.3, -0.25) is 9.36 Å². The molecular weight excluding hydrogens is 215 g/mol. The van der Waals surface area contributed by atoms with Gasteiger partial charge in [0.15, 0.2) is 5.78 Å². The van der Waals surface area contributed by atoms with Crippen LogP contribution in [0.1, 0.15) is 17.3 Å². The van der Waals surface area contributed by atoms with Crippen LogP contribution in [-0.4, -0.2) is 15.6 Å². The third-order valence-corrected chi connectivity index (χ3v) is 2.87. The first-order valence-corrected chi connectivity index (χ1v) is 5.80. The summed E-state index contributed by atoms with van der Waals surface area (Å²) < 4.78 is 11.1. The average Bonchev–Trinajstić information content (AvgIpc) is 2.15. The molecule has 0 aromatic heterocycles. The van der Waals surface area contributed by atoms with Crippen LogP contribution in [-0.2, 0) is 4.57 Å². The minimum Gasteiger partial charge on any atom is -0.321 e. The Morgan fingerprint density at radius 2 is 1.87 bits per heavy atom.